The van der Waals surface area contributed by atoms with Gasteiger partial charge in [-0.15, -0.1) is 0 Å². The molecule has 4 aromatic rings. The summed E-state index contributed by atoms with van der Waals surface area (Å²) in [6.45, 7) is 3.28. The number of fused-ring (bicyclic) bond motifs is 2. The number of carboxylic acid groups (broad SMARTS) is 1. The minimum atomic E-state index is -1.30. The van der Waals surface area contributed by atoms with Crippen molar-refractivity contribution < 1.29 is 18.7 Å². The van der Waals surface area contributed by atoms with Crippen LogP contribution in [0.2, 0.25) is 0 Å². The third-order valence-corrected chi connectivity index (χ3v) is 7.34. The molecule has 3 aromatic carbocycles. The Kier molecular flexibility index (Phi) is 5.48. The molecule has 8 heteroatoms. The van der Waals surface area contributed by atoms with Gasteiger partial charge in [0.05, 0.1) is 11.2 Å². The average Bonchev–Trinajstić information content (AvgIpc) is 3.72. The Balaban J connectivity index is 1.26. The van der Waals surface area contributed by atoms with E-state index in [1.165, 1.54) is 18.3 Å². The molecule has 1 aliphatic carbocycles. The molecule has 0 atom stereocenters. The highest BCUT2D eigenvalue weighted by atomic mass is 19.1. The second-order valence-electron chi connectivity index (χ2n) is 9.65. The molecule has 184 valence electrons. The molecule has 1 saturated heterocycles. The van der Waals surface area contributed by atoms with Crippen LogP contribution >= 0.6 is 0 Å². The Morgan fingerprint density at radius 1 is 0.917 bits per heavy atom. The zero-order valence-electron chi connectivity index (χ0n) is 19.6. The maximum Gasteiger partial charge on any atom is 0.341 e. The third kappa shape index (κ3) is 3.91. The number of halogens is 2. The molecule has 1 N–H and O–H groups in total. The Morgan fingerprint density at radius 3 is 2.33 bits per heavy atom. The number of nitrogens with zero attached hydrogens (tertiary/aromatic N) is 3. The lowest BCUT2D eigenvalue weighted by molar-refractivity contribution is 0.0695. The summed E-state index contributed by atoms with van der Waals surface area (Å²) in [5.74, 6) is -2.06. The van der Waals surface area contributed by atoms with Crippen LogP contribution < -0.4 is 10.3 Å². The fourth-order valence-electron chi connectivity index (χ4n) is 5.26. The van der Waals surface area contributed by atoms with Crippen molar-refractivity contribution in [1.82, 2.24) is 9.47 Å². The molecule has 1 aromatic heterocycles. The normalized spacial score (nSPS) is 16.7. The van der Waals surface area contributed by atoms with Crippen LogP contribution in [-0.2, 0) is 6.54 Å². The van der Waals surface area contributed by atoms with Crippen molar-refractivity contribution in [1.29, 1.82) is 0 Å². The van der Waals surface area contributed by atoms with E-state index in [0.717, 1.165) is 23.8 Å². The van der Waals surface area contributed by atoms with E-state index in [-0.39, 0.29) is 22.8 Å². The van der Waals surface area contributed by atoms with E-state index < -0.39 is 17.2 Å². The van der Waals surface area contributed by atoms with Gasteiger partial charge in [0, 0.05) is 55.7 Å². The Hall–Kier alpha value is -3.78. The fourth-order valence-corrected chi connectivity index (χ4v) is 5.26. The van der Waals surface area contributed by atoms with Gasteiger partial charge in [0.1, 0.15) is 17.2 Å². The summed E-state index contributed by atoms with van der Waals surface area (Å²) >= 11 is 0. The summed E-state index contributed by atoms with van der Waals surface area (Å²) in [5.41, 5.74) is 1.06. The van der Waals surface area contributed by atoms with E-state index in [1.54, 1.807) is 12.1 Å². The second kappa shape index (κ2) is 8.71. The average molecular weight is 490 g/mol. The zero-order chi connectivity index (χ0) is 25.0. The summed E-state index contributed by atoms with van der Waals surface area (Å²) < 4.78 is 31.2. The van der Waals surface area contributed by atoms with Crippen molar-refractivity contribution in [3.63, 3.8) is 0 Å². The van der Waals surface area contributed by atoms with Gasteiger partial charge in [0.25, 0.3) is 0 Å². The first-order valence-corrected chi connectivity index (χ1v) is 12.2. The van der Waals surface area contributed by atoms with Gasteiger partial charge in [-0.05, 0) is 42.0 Å². The smallest absolute Gasteiger partial charge is 0.341 e. The molecule has 0 spiro atoms. The van der Waals surface area contributed by atoms with Gasteiger partial charge < -0.3 is 14.6 Å². The molecule has 36 heavy (non-hydrogen) atoms. The Morgan fingerprint density at radius 2 is 1.64 bits per heavy atom. The molecule has 2 aliphatic rings. The first-order chi connectivity index (χ1) is 17.4. The SMILES string of the molecule is O=C(O)c1cn(C2CC2)c2cc(N3CCN(Cc4ccc(F)c5ccccc45)CC3)c(F)cc2c1=O. The number of benzene rings is 3. The van der Waals surface area contributed by atoms with Crippen LogP contribution in [0, 0.1) is 11.6 Å². The maximum atomic E-state index is 15.2. The van der Waals surface area contributed by atoms with Crippen LogP contribution in [0.5, 0.6) is 0 Å². The standard InChI is InChI=1S/C28H25F2N3O3/c29-23-8-5-17(19-3-1-2-4-20(19)23)15-31-9-11-32(12-10-31)26-14-25-21(13-24(26)30)27(34)22(28(35)36)16-33(25)18-6-7-18/h1-5,8,13-14,16,18H,6-7,9-12,15H2,(H,35,36). The summed E-state index contributed by atoms with van der Waals surface area (Å²) in [6.07, 6.45) is 3.21. The quantitative estimate of drug-likeness (QED) is 0.437. The van der Waals surface area contributed by atoms with Crippen molar-refractivity contribution in [2.45, 2.75) is 25.4 Å². The van der Waals surface area contributed by atoms with Gasteiger partial charge in [-0.2, -0.15) is 0 Å². The predicted octanol–water partition coefficient (Wildman–Crippen LogP) is 4.79. The second-order valence-corrected chi connectivity index (χ2v) is 9.65. The van der Waals surface area contributed by atoms with E-state index in [4.69, 9.17) is 0 Å². The van der Waals surface area contributed by atoms with Crippen LogP contribution in [0.15, 0.2) is 59.5 Å². The minimum Gasteiger partial charge on any atom is -0.477 e. The molecule has 6 rings (SSSR count). The first-order valence-electron chi connectivity index (χ1n) is 12.2. The van der Waals surface area contributed by atoms with Gasteiger partial charge in [-0.1, -0.05) is 30.3 Å². The maximum absolute atomic E-state index is 15.2. The zero-order valence-corrected chi connectivity index (χ0v) is 19.6. The molecular weight excluding hydrogens is 464 g/mol. The number of carboxylic acids is 1. The molecule has 2 heterocycles. The number of rotatable bonds is 5. The molecular formula is C28H25F2N3O3. The largest absolute Gasteiger partial charge is 0.477 e. The molecule has 1 aliphatic heterocycles. The van der Waals surface area contributed by atoms with E-state index in [9.17, 15) is 19.1 Å². The number of hydrogen-bond acceptors (Lipinski definition) is 4. The summed E-state index contributed by atoms with van der Waals surface area (Å²) in [7, 11) is 0. The topological polar surface area (TPSA) is 65.8 Å². The van der Waals surface area contributed by atoms with Crippen LogP contribution in [0.3, 0.4) is 0 Å². The fraction of sp³-hybridized carbons (Fsp3) is 0.286. The lowest BCUT2D eigenvalue weighted by Gasteiger charge is -2.36. The van der Waals surface area contributed by atoms with Crippen LogP contribution in [0.4, 0.5) is 14.5 Å². The number of hydrogen-bond donors (Lipinski definition) is 1. The molecule has 0 radical (unpaired) electrons. The Bertz CT molecular complexity index is 1570. The first kappa shape index (κ1) is 22.7. The van der Waals surface area contributed by atoms with Gasteiger partial charge in [-0.3, -0.25) is 9.69 Å². The van der Waals surface area contributed by atoms with E-state index in [1.807, 2.05) is 33.7 Å². The van der Waals surface area contributed by atoms with E-state index >= 15 is 4.39 Å². The monoisotopic (exact) mass is 489 g/mol. The lowest BCUT2D eigenvalue weighted by atomic mass is 10.0. The van der Waals surface area contributed by atoms with Gasteiger partial charge in [0.15, 0.2) is 0 Å². The number of aromatic carboxylic acids is 1. The van der Waals surface area contributed by atoms with Gasteiger partial charge >= 0.3 is 5.97 Å². The summed E-state index contributed by atoms with van der Waals surface area (Å²) in [6, 6.07) is 13.8. The predicted molar refractivity (Wildman–Crippen MR) is 135 cm³/mol. The van der Waals surface area contributed by atoms with E-state index in [2.05, 4.69) is 4.90 Å². The van der Waals surface area contributed by atoms with Crippen molar-refractivity contribution >= 4 is 33.3 Å². The molecule has 0 amide bonds. The summed E-state index contributed by atoms with van der Waals surface area (Å²) in [5, 5.41) is 11.1. The molecule has 6 nitrogen and oxygen atoms in total. The van der Waals surface area contributed by atoms with Crippen molar-refractivity contribution in [3.8, 4) is 0 Å². The van der Waals surface area contributed by atoms with Crippen LogP contribution in [-0.4, -0.2) is 46.7 Å². The Labute approximate surface area is 206 Å². The van der Waals surface area contributed by atoms with Crippen molar-refractivity contribution in [3.05, 3.63) is 87.7 Å². The van der Waals surface area contributed by atoms with Crippen LogP contribution in [0.25, 0.3) is 21.7 Å². The molecule has 0 unspecified atom stereocenters. The number of piperazine rings is 1. The number of aromatic nitrogens is 1. The highest BCUT2D eigenvalue weighted by molar-refractivity contribution is 5.93. The number of carbonyl (C=O) groups is 1. The lowest BCUT2D eigenvalue weighted by Crippen LogP contribution is -2.46. The van der Waals surface area contributed by atoms with Gasteiger partial charge in [0.2, 0.25) is 5.43 Å². The molecule has 0 bridgehead atoms. The summed E-state index contributed by atoms with van der Waals surface area (Å²) in [4.78, 5) is 28.5. The van der Waals surface area contributed by atoms with Gasteiger partial charge in [-0.25, -0.2) is 13.6 Å². The molecule has 1 saturated carbocycles. The minimum absolute atomic E-state index is 0.102. The number of pyridine rings is 1. The highest BCUT2D eigenvalue weighted by Crippen LogP contribution is 2.38. The van der Waals surface area contributed by atoms with E-state index in [0.29, 0.717) is 49.3 Å². The van der Waals surface area contributed by atoms with Crippen LogP contribution in [0.1, 0.15) is 34.8 Å². The number of anilines is 1. The molecule has 2 fully saturated rings. The highest BCUT2D eigenvalue weighted by Gasteiger charge is 2.28. The van der Waals surface area contributed by atoms with Crippen molar-refractivity contribution in [2.75, 3.05) is 31.1 Å². The third-order valence-electron chi connectivity index (χ3n) is 7.34. The van der Waals surface area contributed by atoms with Crippen molar-refractivity contribution in [2.24, 2.45) is 0 Å².